The second-order valence-electron chi connectivity index (χ2n) is 2.47. The molecule has 0 bridgehead atoms. The molecule has 1 rings (SSSR count). The molecule has 1 aromatic rings. The van der Waals surface area contributed by atoms with Gasteiger partial charge < -0.3 is 4.74 Å². The number of rotatable bonds is 3. The van der Waals surface area contributed by atoms with E-state index >= 15 is 0 Å². The summed E-state index contributed by atoms with van der Waals surface area (Å²) in [5, 5.41) is 0.231. The highest BCUT2D eigenvalue weighted by Gasteiger charge is 2.06. The monoisotopic (exact) mass is 207 g/mol. The van der Waals surface area contributed by atoms with Crippen LogP contribution in [0.2, 0.25) is 5.15 Å². The van der Waals surface area contributed by atoms with Crippen molar-refractivity contribution in [3.8, 4) is 5.75 Å². The summed E-state index contributed by atoms with van der Waals surface area (Å²) in [7, 11) is 0. The third-order valence-corrected chi connectivity index (χ3v) is 1.59. The number of hydrogen-bond donors (Lipinski definition) is 0. The summed E-state index contributed by atoms with van der Waals surface area (Å²) in [4.78, 5) is 3.76. The maximum atomic E-state index is 11.8. The standard InChI is InChI=1S/C8H8ClF2NO/c1-5-3-12-7(9)2-6(5)13-4-8(10)11/h2-3,8H,4H2,1H3. The van der Waals surface area contributed by atoms with Gasteiger partial charge in [0.05, 0.1) is 0 Å². The van der Waals surface area contributed by atoms with Crippen LogP contribution >= 0.6 is 11.6 Å². The Bertz CT molecular complexity index is 293. The molecule has 0 atom stereocenters. The van der Waals surface area contributed by atoms with Crippen LogP contribution in [0.3, 0.4) is 0 Å². The quantitative estimate of drug-likeness (QED) is 0.711. The SMILES string of the molecule is Cc1cnc(Cl)cc1OCC(F)F. The molecular weight excluding hydrogens is 200 g/mol. The number of ether oxygens (including phenoxy) is 1. The van der Waals surface area contributed by atoms with Crippen LogP contribution in [0.4, 0.5) is 8.78 Å². The van der Waals surface area contributed by atoms with Crippen LogP contribution in [-0.2, 0) is 0 Å². The van der Waals surface area contributed by atoms with Gasteiger partial charge in [-0.1, -0.05) is 11.6 Å². The molecule has 0 aliphatic heterocycles. The van der Waals surface area contributed by atoms with E-state index in [0.29, 0.717) is 11.3 Å². The maximum Gasteiger partial charge on any atom is 0.272 e. The number of nitrogens with zero attached hydrogens (tertiary/aromatic N) is 1. The zero-order valence-corrected chi connectivity index (χ0v) is 7.68. The molecule has 1 heterocycles. The molecule has 5 heteroatoms. The van der Waals surface area contributed by atoms with Crippen molar-refractivity contribution in [2.45, 2.75) is 13.3 Å². The van der Waals surface area contributed by atoms with Gasteiger partial charge in [-0.2, -0.15) is 0 Å². The largest absolute Gasteiger partial charge is 0.487 e. The molecule has 0 aliphatic rings. The van der Waals surface area contributed by atoms with Crippen LogP contribution in [0, 0.1) is 6.92 Å². The molecule has 0 saturated heterocycles. The fourth-order valence-corrected chi connectivity index (χ4v) is 0.938. The molecule has 2 nitrogen and oxygen atoms in total. The fourth-order valence-electron chi connectivity index (χ4n) is 0.790. The smallest absolute Gasteiger partial charge is 0.272 e. The van der Waals surface area contributed by atoms with E-state index in [4.69, 9.17) is 16.3 Å². The molecule has 0 aliphatic carbocycles. The molecule has 0 fully saturated rings. The van der Waals surface area contributed by atoms with E-state index in [1.54, 1.807) is 6.92 Å². The van der Waals surface area contributed by atoms with Gasteiger partial charge >= 0.3 is 0 Å². The minimum absolute atomic E-state index is 0.231. The lowest BCUT2D eigenvalue weighted by Crippen LogP contribution is -2.07. The van der Waals surface area contributed by atoms with E-state index in [-0.39, 0.29) is 5.15 Å². The van der Waals surface area contributed by atoms with Crippen molar-refractivity contribution >= 4 is 11.6 Å². The number of aryl methyl sites for hydroxylation is 1. The summed E-state index contributed by atoms with van der Waals surface area (Å²) in [5.74, 6) is 0.348. The van der Waals surface area contributed by atoms with E-state index < -0.39 is 13.0 Å². The van der Waals surface area contributed by atoms with Crippen molar-refractivity contribution in [3.05, 3.63) is 23.0 Å². The van der Waals surface area contributed by atoms with Crippen LogP contribution in [0.5, 0.6) is 5.75 Å². The number of aromatic nitrogens is 1. The van der Waals surface area contributed by atoms with Crippen LogP contribution in [-0.4, -0.2) is 18.0 Å². The number of hydrogen-bond acceptors (Lipinski definition) is 2. The predicted molar refractivity (Wildman–Crippen MR) is 45.5 cm³/mol. The van der Waals surface area contributed by atoms with Gasteiger partial charge in [-0.05, 0) is 6.92 Å². The lowest BCUT2D eigenvalue weighted by Gasteiger charge is -2.07. The normalized spacial score (nSPS) is 10.5. The summed E-state index contributed by atoms with van der Waals surface area (Å²) in [6.45, 7) is 1.09. The first-order valence-electron chi connectivity index (χ1n) is 3.62. The zero-order valence-electron chi connectivity index (χ0n) is 6.93. The highest BCUT2D eigenvalue weighted by atomic mass is 35.5. The highest BCUT2D eigenvalue weighted by Crippen LogP contribution is 2.20. The molecule has 0 spiro atoms. The first kappa shape index (κ1) is 10.2. The third kappa shape index (κ3) is 3.14. The molecular formula is C8H8ClF2NO. The van der Waals surface area contributed by atoms with Crippen LogP contribution in [0.1, 0.15) is 5.56 Å². The molecule has 0 amide bonds. The van der Waals surface area contributed by atoms with Crippen molar-refractivity contribution in [2.24, 2.45) is 0 Å². The Morgan fingerprint density at radius 3 is 2.92 bits per heavy atom. The van der Waals surface area contributed by atoms with E-state index in [9.17, 15) is 8.78 Å². The molecule has 0 saturated carbocycles. The first-order valence-corrected chi connectivity index (χ1v) is 4.00. The lowest BCUT2D eigenvalue weighted by atomic mass is 10.3. The Hall–Kier alpha value is -0.900. The van der Waals surface area contributed by atoms with Gasteiger partial charge in [-0.15, -0.1) is 0 Å². The Labute approximate surface area is 79.5 Å². The second-order valence-corrected chi connectivity index (χ2v) is 2.86. The van der Waals surface area contributed by atoms with Gasteiger partial charge in [0.15, 0.2) is 0 Å². The zero-order chi connectivity index (χ0) is 9.84. The summed E-state index contributed by atoms with van der Waals surface area (Å²) >= 11 is 5.55. The third-order valence-electron chi connectivity index (χ3n) is 1.39. The van der Waals surface area contributed by atoms with Crippen molar-refractivity contribution in [1.82, 2.24) is 4.98 Å². The Morgan fingerprint density at radius 1 is 1.62 bits per heavy atom. The predicted octanol–water partition coefficient (Wildman–Crippen LogP) is 2.69. The minimum atomic E-state index is -2.48. The Morgan fingerprint density at radius 2 is 2.31 bits per heavy atom. The van der Waals surface area contributed by atoms with E-state index in [1.807, 2.05) is 0 Å². The summed E-state index contributed by atoms with van der Waals surface area (Å²) < 4.78 is 28.4. The number of halogens is 3. The van der Waals surface area contributed by atoms with Crippen LogP contribution < -0.4 is 4.74 Å². The van der Waals surface area contributed by atoms with Crippen molar-refractivity contribution in [2.75, 3.05) is 6.61 Å². The van der Waals surface area contributed by atoms with E-state index in [1.165, 1.54) is 12.3 Å². The van der Waals surface area contributed by atoms with Gasteiger partial charge in [0.2, 0.25) is 0 Å². The Kier molecular flexibility index (Phi) is 3.42. The maximum absolute atomic E-state index is 11.8. The molecule has 0 unspecified atom stereocenters. The van der Waals surface area contributed by atoms with Crippen LogP contribution in [0.25, 0.3) is 0 Å². The van der Waals surface area contributed by atoms with Gasteiger partial charge in [0.25, 0.3) is 6.43 Å². The molecule has 0 aromatic carbocycles. The van der Waals surface area contributed by atoms with Crippen LogP contribution in [0.15, 0.2) is 12.3 Å². The van der Waals surface area contributed by atoms with Gasteiger partial charge in [-0.25, -0.2) is 13.8 Å². The van der Waals surface area contributed by atoms with E-state index in [2.05, 4.69) is 4.98 Å². The minimum Gasteiger partial charge on any atom is -0.487 e. The highest BCUT2D eigenvalue weighted by molar-refractivity contribution is 6.29. The number of pyridine rings is 1. The average Bonchev–Trinajstić information content (AvgIpc) is 2.06. The molecule has 72 valence electrons. The van der Waals surface area contributed by atoms with Crippen molar-refractivity contribution < 1.29 is 13.5 Å². The molecule has 0 radical (unpaired) electrons. The Balaban J connectivity index is 2.70. The van der Waals surface area contributed by atoms with Gasteiger partial charge in [0.1, 0.15) is 17.5 Å². The van der Waals surface area contributed by atoms with Crippen molar-refractivity contribution in [1.29, 1.82) is 0 Å². The summed E-state index contributed by atoms with van der Waals surface area (Å²) in [6, 6.07) is 1.42. The molecule has 1 aromatic heterocycles. The first-order chi connectivity index (χ1) is 6.09. The lowest BCUT2D eigenvalue weighted by molar-refractivity contribution is 0.0815. The second kappa shape index (κ2) is 4.37. The number of alkyl halides is 2. The van der Waals surface area contributed by atoms with Gasteiger partial charge in [0, 0.05) is 17.8 Å². The molecule has 0 N–H and O–H groups in total. The summed E-state index contributed by atoms with van der Waals surface area (Å²) in [5.41, 5.74) is 0.685. The van der Waals surface area contributed by atoms with Gasteiger partial charge in [-0.3, -0.25) is 0 Å². The molecule has 13 heavy (non-hydrogen) atoms. The van der Waals surface area contributed by atoms with Crippen molar-refractivity contribution in [3.63, 3.8) is 0 Å². The summed E-state index contributed by atoms with van der Waals surface area (Å²) in [6.07, 6.45) is -1.00. The van der Waals surface area contributed by atoms with E-state index in [0.717, 1.165) is 0 Å². The fraction of sp³-hybridized carbons (Fsp3) is 0.375. The topological polar surface area (TPSA) is 22.1 Å². The average molecular weight is 208 g/mol.